The van der Waals surface area contributed by atoms with E-state index < -0.39 is 0 Å². The first-order valence-corrected chi connectivity index (χ1v) is 7.87. The van der Waals surface area contributed by atoms with Gasteiger partial charge in [0.25, 0.3) is 0 Å². The van der Waals surface area contributed by atoms with Gasteiger partial charge in [0.15, 0.2) is 0 Å². The van der Waals surface area contributed by atoms with Gasteiger partial charge in [0, 0.05) is 24.0 Å². The Morgan fingerprint density at radius 3 is 2.40 bits per heavy atom. The van der Waals surface area contributed by atoms with Crippen LogP contribution in [0.3, 0.4) is 0 Å². The number of methoxy groups -OCH3 is 1. The second-order valence-corrected chi connectivity index (χ2v) is 5.55. The summed E-state index contributed by atoms with van der Waals surface area (Å²) in [6.07, 6.45) is 0. The van der Waals surface area contributed by atoms with Crippen LogP contribution in [0.25, 0.3) is 0 Å². The van der Waals surface area contributed by atoms with Gasteiger partial charge < -0.3 is 15.4 Å². The molecule has 25 heavy (non-hydrogen) atoms. The number of nitrogens with zero attached hydrogens (tertiary/aromatic N) is 2. The van der Waals surface area contributed by atoms with Gasteiger partial charge in [-0.25, -0.2) is 9.37 Å². The minimum absolute atomic E-state index is 0.280. The van der Waals surface area contributed by atoms with Gasteiger partial charge in [-0.2, -0.15) is 4.98 Å². The number of halogens is 1. The highest BCUT2D eigenvalue weighted by atomic mass is 19.1. The van der Waals surface area contributed by atoms with E-state index in [-0.39, 0.29) is 5.82 Å². The molecule has 0 aliphatic heterocycles. The molecule has 2 aromatic carbocycles. The number of aromatic nitrogens is 2. The van der Waals surface area contributed by atoms with E-state index >= 15 is 0 Å². The second-order valence-electron chi connectivity index (χ2n) is 5.55. The lowest BCUT2D eigenvalue weighted by molar-refractivity contribution is 0.414. The third-order valence-corrected chi connectivity index (χ3v) is 3.59. The number of ether oxygens (including phenoxy) is 1. The average Bonchev–Trinajstić information content (AvgIpc) is 2.62. The normalized spacial score (nSPS) is 10.4. The Hall–Kier alpha value is -3.15. The first kappa shape index (κ1) is 16.7. The Kier molecular flexibility index (Phi) is 5.09. The lowest BCUT2D eigenvalue weighted by Crippen LogP contribution is -2.05. The standard InChI is InChI=1S/C19H19FN4O/c1-13-11-18(21-12-14-3-9-17(25-2)10-4-14)24-19(22-13)23-16-7-5-15(20)6-8-16/h3-11H,12H2,1-2H3,(H2,21,22,23,24). The van der Waals surface area contributed by atoms with E-state index in [2.05, 4.69) is 20.6 Å². The number of aryl methyl sites for hydroxylation is 1. The Labute approximate surface area is 145 Å². The lowest BCUT2D eigenvalue weighted by Gasteiger charge is -2.10. The van der Waals surface area contributed by atoms with Gasteiger partial charge in [-0.05, 0) is 48.9 Å². The molecule has 0 amide bonds. The van der Waals surface area contributed by atoms with Crippen LogP contribution in [0.5, 0.6) is 5.75 Å². The summed E-state index contributed by atoms with van der Waals surface area (Å²) in [5.74, 6) is 1.72. The summed E-state index contributed by atoms with van der Waals surface area (Å²) >= 11 is 0. The SMILES string of the molecule is COc1ccc(CNc2cc(C)nc(Nc3ccc(F)cc3)n2)cc1. The molecule has 0 fully saturated rings. The number of hydrogen-bond acceptors (Lipinski definition) is 5. The van der Waals surface area contributed by atoms with Crippen molar-refractivity contribution in [1.29, 1.82) is 0 Å². The molecule has 0 radical (unpaired) electrons. The van der Waals surface area contributed by atoms with Gasteiger partial charge in [-0.1, -0.05) is 12.1 Å². The van der Waals surface area contributed by atoms with E-state index in [0.29, 0.717) is 18.3 Å². The van der Waals surface area contributed by atoms with Crippen molar-refractivity contribution in [3.63, 3.8) is 0 Å². The fraction of sp³-hybridized carbons (Fsp3) is 0.158. The summed E-state index contributed by atoms with van der Waals surface area (Å²) < 4.78 is 18.1. The van der Waals surface area contributed by atoms with Gasteiger partial charge in [-0.15, -0.1) is 0 Å². The van der Waals surface area contributed by atoms with Crippen LogP contribution < -0.4 is 15.4 Å². The first-order chi connectivity index (χ1) is 12.1. The Morgan fingerprint density at radius 1 is 1.00 bits per heavy atom. The van der Waals surface area contributed by atoms with Crippen molar-refractivity contribution in [2.24, 2.45) is 0 Å². The van der Waals surface area contributed by atoms with Crippen molar-refractivity contribution >= 4 is 17.5 Å². The zero-order chi connectivity index (χ0) is 17.6. The summed E-state index contributed by atoms with van der Waals surface area (Å²) in [6, 6.07) is 15.8. The summed E-state index contributed by atoms with van der Waals surface area (Å²) in [4.78, 5) is 8.81. The summed E-state index contributed by atoms with van der Waals surface area (Å²) in [5.41, 5.74) is 2.68. The monoisotopic (exact) mass is 338 g/mol. The largest absolute Gasteiger partial charge is 0.497 e. The van der Waals surface area contributed by atoms with Crippen LogP contribution in [0.2, 0.25) is 0 Å². The van der Waals surface area contributed by atoms with Crippen LogP contribution in [0.15, 0.2) is 54.6 Å². The predicted molar refractivity (Wildman–Crippen MR) is 96.8 cm³/mol. The van der Waals surface area contributed by atoms with Crippen molar-refractivity contribution in [2.45, 2.75) is 13.5 Å². The minimum Gasteiger partial charge on any atom is -0.497 e. The molecule has 0 aliphatic carbocycles. The molecule has 0 atom stereocenters. The molecule has 1 heterocycles. The number of anilines is 3. The highest BCUT2D eigenvalue weighted by Gasteiger charge is 2.04. The fourth-order valence-corrected chi connectivity index (χ4v) is 2.31. The zero-order valence-electron chi connectivity index (χ0n) is 14.1. The van der Waals surface area contributed by atoms with E-state index in [4.69, 9.17) is 4.74 Å². The van der Waals surface area contributed by atoms with Crippen LogP contribution >= 0.6 is 0 Å². The van der Waals surface area contributed by atoms with Gasteiger partial charge in [-0.3, -0.25) is 0 Å². The summed E-state index contributed by atoms with van der Waals surface area (Å²) in [5, 5.41) is 6.36. The minimum atomic E-state index is -0.280. The van der Waals surface area contributed by atoms with Crippen molar-refractivity contribution < 1.29 is 9.13 Å². The third kappa shape index (κ3) is 4.67. The van der Waals surface area contributed by atoms with Crippen LogP contribution in [-0.2, 0) is 6.54 Å². The Balaban J connectivity index is 1.69. The molecule has 0 saturated carbocycles. The van der Waals surface area contributed by atoms with Crippen molar-refractivity contribution in [2.75, 3.05) is 17.7 Å². The van der Waals surface area contributed by atoms with Gasteiger partial charge in [0.1, 0.15) is 17.4 Å². The summed E-state index contributed by atoms with van der Waals surface area (Å²) in [6.45, 7) is 2.53. The number of hydrogen-bond donors (Lipinski definition) is 2. The highest BCUT2D eigenvalue weighted by molar-refractivity contribution is 5.55. The van der Waals surface area contributed by atoms with E-state index in [1.54, 1.807) is 19.2 Å². The molecule has 6 heteroatoms. The fourth-order valence-electron chi connectivity index (χ4n) is 2.31. The number of rotatable bonds is 6. The maximum atomic E-state index is 13.0. The van der Waals surface area contributed by atoms with E-state index in [0.717, 1.165) is 22.7 Å². The maximum Gasteiger partial charge on any atom is 0.229 e. The van der Waals surface area contributed by atoms with Gasteiger partial charge in [0.2, 0.25) is 5.95 Å². The molecular formula is C19H19FN4O. The Bertz CT molecular complexity index is 835. The predicted octanol–water partition coefficient (Wildman–Crippen LogP) is 4.29. The molecule has 3 aromatic rings. The molecule has 0 saturated heterocycles. The number of benzene rings is 2. The zero-order valence-corrected chi connectivity index (χ0v) is 14.1. The molecule has 3 rings (SSSR count). The third-order valence-electron chi connectivity index (χ3n) is 3.59. The topological polar surface area (TPSA) is 59.1 Å². The molecule has 5 nitrogen and oxygen atoms in total. The molecule has 0 spiro atoms. The molecule has 0 aliphatic rings. The molecule has 128 valence electrons. The maximum absolute atomic E-state index is 13.0. The molecule has 2 N–H and O–H groups in total. The highest BCUT2D eigenvalue weighted by Crippen LogP contribution is 2.17. The first-order valence-electron chi connectivity index (χ1n) is 7.87. The van der Waals surface area contributed by atoms with Crippen molar-refractivity contribution in [3.8, 4) is 5.75 Å². The molecule has 0 bridgehead atoms. The quantitative estimate of drug-likeness (QED) is 0.702. The van der Waals surface area contributed by atoms with Crippen molar-refractivity contribution in [3.05, 3.63) is 71.7 Å². The van der Waals surface area contributed by atoms with Crippen LogP contribution in [-0.4, -0.2) is 17.1 Å². The van der Waals surface area contributed by atoms with E-state index in [1.165, 1.54) is 12.1 Å². The molecule has 1 aromatic heterocycles. The van der Waals surface area contributed by atoms with Crippen LogP contribution in [0.1, 0.15) is 11.3 Å². The van der Waals surface area contributed by atoms with Gasteiger partial charge in [0.05, 0.1) is 7.11 Å². The van der Waals surface area contributed by atoms with Crippen molar-refractivity contribution in [1.82, 2.24) is 9.97 Å². The van der Waals surface area contributed by atoms with Crippen LogP contribution in [0.4, 0.5) is 21.8 Å². The molecule has 0 unspecified atom stereocenters. The second kappa shape index (κ2) is 7.61. The molecular weight excluding hydrogens is 319 g/mol. The van der Waals surface area contributed by atoms with Crippen LogP contribution in [0, 0.1) is 12.7 Å². The smallest absolute Gasteiger partial charge is 0.229 e. The lowest BCUT2D eigenvalue weighted by atomic mass is 10.2. The van der Waals surface area contributed by atoms with Gasteiger partial charge >= 0.3 is 0 Å². The average molecular weight is 338 g/mol. The Morgan fingerprint density at radius 2 is 1.72 bits per heavy atom. The van der Waals surface area contributed by atoms with E-state index in [9.17, 15) is 4.39 Å². The van der Waals surface area contributed by atoms with E-state index in [1.807, 2.05) is 37.3 Å². The summed E-state index contributed by atoms with van der Waals surface area (Å²) in [7, 11) is 1.65. The number of nitrogens with one attached hydrogen (secondary N) is 2.